The SMILES string of the molecule is Cc1nn2c(-c3cccs3)ccnc2c1C(=O)O. The lowest BCUT2D eigenvalue weighted by atomic mass is 10.2. The zero-order chi connectivity index (χ0) is 12.7. The minimum Gasteiger partial charge on any atom is -0.477 e. The lowest BCUT2D eigenvalue weighted by Crippen LogP contribution is -1.99. The number of aromatic carboxylic acids is 1. The molecule has 0 spiro atoms. The zero-order valence-electron chi connectivity index (χ0n) is 9.49. The predicted molar refractivity (Wildman–Crippen MR) is 68.0 cm³/mol. The summed E-state index contributed by atoms with van der Waals surface area (Å²) in [5, 5.41) is 15.4. The van der Waals surface area contributed by atoms with Crippen molar-refractivity contribution in [1.82, 2.24) is 14.6 Å². The number of nitrogens with zero attached hydrogens (tertiary/aromatic N) is 3. The van der Waals surface area contributed by atoms with Crippen LogP contribution < -0.4 is 0 Å². The Hall–Kier alpha value is -2.21. The fourth-order valence-corrected chi connectivity index (χ4v) is 2.65. The summed E-state index contributed by atoms with van der Waals surface area (Å²) >= 11 is 1.58. The maximum atomic E-state index is 11.2. The van der Waals surface area contributed by atoms with Crippen LogP contribution in [0.3, 0.4) is 0 Å². The number of hydrogen-bond donors (Lipinski definition) is 1. The first kappa shape index (κ1) is 10.9. The van der Waals surface area contributed by atoms with Crippen molar-refractivity contribution >= 4 is 23.0 Å². The first-order valence-electron chi connectivity index (χ1n) is 5.30. The highest BCUT2D eigenvalue weighted by Gasteiger charge is 2.19. The molecule has 0 aromatic carbocycles. The van der Waals surface area contributed by atoms with Gasteiger partial charge in [-0.05, 0) is 24.4 Å². The molecule has 0 aliphatic carbocycles. The number of carboxylic acids is 1. The van der Waals surface area contributed by atoms with Gasteiger partial charge in [0, 0.05) is 6.20 Å². The fourth-order valence-electron chi connectivity index (χ4n) is 1.91. The monoisotopic (exact) mass is 259 g/mol. The summed E-state index contributed by atoms with van der Waals surface area (Å²) in [6.45, 7) is 1.68. The maximum Gasteiger partial charge on any atom is 0.341 e. The number of carboxylic acid groups (broad SMARTS) is 1. The van der Waals surface area contributed by atoms with Crippen LogP contribution in [0.5, 0.6) is 0 Å². The first-order valence-corrected chi connectivity index (χ1v) is 6.18. The molecule has 0 saturated carbocycles. The quantitative estimate of drug-likeness (QED) is 0.767. The molecule has 5 nitrogen and oxygen atoms in total. The molecule has 0 aliphatic heterocycles. The largest absolute Gasteiger partial charge is 0.477 e. The number of aromatic nitrogens is 3. The van der Waals surface area contributed by atoms with Gasteiger partial charge in [-0.15, -0.1) is 11.3 Å². The van der Waals surface area contributed by atoms with E-state index in [4.69, 9.17) is 0 Å². The van der Waals surface area contributed by atoms with Gasteiger partial charge in [-0.25, -0.2) is 14.3 Å². The Balaban J connectivity index is 2.37. The van der Waals surface area contributed by atoms with Crippen LogP contribution in [0.1, 0.15) is 16.1 Å². The Labute approximate surface area is 106 Å². The molecular formula is C12H9N3O2S. The second-order valence-corrected chi connectivity index (χ2v) is 4.76. The first-order chi connectivity index (χ1) is 8.68. The Morgan fingerprint density at radius 1 is 1.44 bits per heavy atom. The molecule has 0 amide bonds. The van der Waals surface area contributed by atoms with Crippen molar-refractivity contribution in [3.05, 3.63) is 41.0 Å². The van der Waals surface area contributed by atoms with Crippen molar-refractivity contribution < 1.29 is 9.90 Å². The number of thiophene rings is 1. The third kappa shape index (κ3) is 1.50. The number of aryl methyl sites for hydroxylation is 1. The van der Waals surface area contributed by atoms with Crippen LogP contribution in [0.25, 0.3) is 16.2 Å². The van der Waals surface area contributed by atoms with Crippen molar-refractivity contribution in [3.63, 3.8) is 0 Å². The van der Waals surface area contributed by atoms with Crippen LogP contribution >= 0.6 is 11.3 Å². The van der Waals surface area contributed by atoms with Gasteiger partial charge in [-0.3, -0.25) is 0 Å². The molecule has 0 aliphatic rings. The van der Waals surface area contributed by atoms with Crippen molar-refractivity contribution in [2.75, 3.05) is 0 Å². The van der Waals surface area contributed by atoms with Crippen molar-refractivity contribution in [2.24, 2.45) is 0 Å². The van der Waals surface area contributed by atoms with Gasteiger partial charge in [0.2, 0.25) is 0 Å². The molecule has 0 radical (unpaired) electrons. The molecule has 6 heteroatoms. The van der Waals surface area contributed by atoms with Crippen LogP contribution in [0.15, 0.2) is 29.8 Å². The lowest BCUT2D eigenvalue weighted by Gasteiger charge is -2.01. The predicted octanol–water partition coefficient (Wildman–Crippen LogP) is 2.46. The summed E-state index contributed by atoms with van der Waals surface area (Å²) in [4.78, 5) is 16.4. The minimum atomic E-state index is -1.00. The van der Waals surface area contributed by atoms with Crippen LogP contribution in [-0.2, 0) is 0 Å². The molecule has 0 unspecified atom stereocenters. The van der Waals surface area contributed by atoms with Gasteiger partial charge in [-0.2, -0.15) is 5.10 Å². The minimum absolute atomic E-state index is 0.161. The Kier molecular flexibility index (Phi) is 2.38. The number of fused-ring (bicyclic) bond motifs is 1. The van der Waals surface area contributed by atoms with Gasteiger partial charge in [0.1, 0.15) is 5.56 Å². The smallest absolute Gasteiger partial charge is 0.341 e. The van der Waals surface area contributed by atoms with E-state index in [0.717, 1.165) is 10.6 Å². The van der Waals surface area contributed by atoms with Crippen molar-refractivity contribution in [3.8, 4) is 10.6 Å². The standard InChI is InChI=1S/C12H9N3O2S/c1-7-10(12(16)17)11-13-5-4-8(15(11)14-7)9-3-2-6-18-9/h2-6H,1H3,(H,16,17). The highest BCUT2D eigenvalue weighted by atomic mass is 32.1. The highest BCUT2D eigenvalue weighted by Crippen LogP contribution is 2.26. The van der Waals surface area contributed by atoms with Gasteiger partial charge >= 0.3 is 5.97 Å². The van der Waals surface area contributed by atoms with Gasteiger partial charge in [0.15, 0.2) is 5.65 Å². The molecule has 3 aromatic heterocycles. The highest BCUT2D eigenvalue weighted by molar-refractivity contribution is 7.13. The molecule has 1 N–H and O–H groups in total. The van der Waals surface area contributed by atoms with E-state index in [1.807, 2.05) is 23.6 Å². The molecule has 0 bridgehead atoms. The molecule has 18 heavy (non-hydrogen) atoms. The average Bonchev–Trinajstić information content (AvgIpc) is 2.93. The van der Waals surface area contributed by atoms with E-state index in [9.17, 15) is 9.90 Å². The average molecular weight is 259 g/mol. The molecule has 3 aromatic rings. The zero-order valence-corrected chi connectivity index (χ0v) is 10.3. The van der Waals surface area contributed by atoms with E-state index in [-0.39, 0.29) is 5.56 Å². The summed E-state index contributed by atoms with van der Waals surface area (Å²) in [6, 6.07) is 5.74. The Bertz CT molecular complexity index is 731. The topological polar surface area (TPSA) is 67.5 Å². The fraction of sp³-hybridized carbons (Fsp3) is 0.0833. The normalized spacial score (nSPS) is 10.9. The van der Waals surface area contributed by atoms with E-state index in [1.54, 1.807) is 29.0 Å². The molecule has 0 fully saturated rings. The molecule has 0 atom stereocenters. The van der Waals surface area contributed by atoms with Gasteiger partial charge in [-0.1, -0.05) is 6.07 Å². The van der Waals surface area contributed by atoms with Crippen LogP contribution in [-0.4, -0.2) is 25.7 Å². The second-order valence-electron chi connectivity index (χ2n) is 3.81. The van der Waals surface area contributed by atoms with Crippen LogP contribution in [0.4, 0.5) is 0 Å². The summed E-state index contributed by atoms with van der Waals surface area (Å²) in [5.41, 5.74) is 1.86. The van der Waals surface area contributed by atoms with Crippen molar-refractivity contribution in [1.29, 1.82) is 0 Å². The van der Waals surface area contributed by atoms with Gasteiger partial charge in [0.05, 0.1) is 16.3 Å². The molecular weight excluding hydrogens is 250 g/mol. The van der Waals surface area contributed by atoms with E-state index in [1.165, 1.54) is 0 Å². The van der Waals surface area contributed by atoms with Crippen molar-refractivity contribution in [2.45, 2.75) is 6.92 Å². The van der Waals surface area contributed by atoms with E-state index in [0.29, 0.717) is 11.3 Å². The number of rotatable bonds is 2. The summed E-state index contributed by atoms with van der Waals surface area (Å²) < 4.78 is 1.59. The van der Waals surface area contributed by atoms with E-state index >= 15 is 0 Å². The third-order valence-electron chi connectivity index (χ3n) is 2.68. The third-order valence-corrected chi connectivity index (χ3v) is 3.57. The molecule has 3 heterocycles. The van der Waals surface area contributed by atoms with Crippen LogP contribution in [0.2, 0.25) is 0 Å². The number of hydrogen-bond acceptors (Lipinski definition) is 4. The summed E-state index contributed by atoms with van der Waals surface area (Å²) in [7, 11) is 0. The summed E-state index contributed by atoms with van der Waals surface area (Å²) in [5.74, 6) is -1.00. The number of carbonyl (C=O) groups is 1. The molecule has 90 valence electrons. The van der Waals surface area contributed by atoms with E-state index in [2.05, 4.69) is 10.1 Å². The molecule has 0 saturated heterocycles. The lowest BCUT2D eigenvalue weighted by molar-refractivity contribution is 0.0698. The van der Waals surface area contributed by atoms with Gasteiger partial charge in [0.25, 0.3) is 0 Å². The Morgan fingerprint density at radius 3 is 2.94 bits per heavy atom. The Morgan fingerprint density at radius 2 is 2.28 bits per heavy atom. The summed E-state index contributed by atoms with van der Waals surface area (Å²) in [6.07, 6.45) is 1.61. The van der Waals surface area contributed by atoms with Crippen LogP contribution in [0, 0.1) is 6.92 Å². The van der Waals surface area contributed by atoms with Gasteiger partial charge < -0.3 is 5.11 Å². The molecule has 3 rings (SSSR count). The second kappa shape index (κ2) is 3.92. The van der Waals surface area contributed by atoms with E-state index < -0.39 is 5.97 Å². The maximum absolute atomic E-state index is 11.2.